The average Bonchev–Trinajstić information content (AvgIpc) is 2.78. The summed E-state index contributed by atoms with van der Waals surface area (Å²) in [5.41, 5.74) is 2.76. The highest BCUT2D eigenvalue weighted by atomic mass is 15.1. The number of nitriles is 1. The maximum absolute atomic E-state index is 8.87. The van der Waals surface area contributed by atoms with Gasteiger partial charge in [-0.1, -0.05) is 12.1 Å². The van der Waals surface area contributed by atoms with E-state index in [4.69, 9.17) is 5.26 Å². The fraction of sp³-hybridized carbons (Fsp3) is 0.231. The summed E-state index contributed by atoms with van der Waals surface area (Å²) in [6, 6.07) is 10.1. The van der Waals surface area contributed by atoms with E-state index in [1.54, 1.807) is 6.07 Å². The van der Waals surface area contributed by atoms with Crippen molar-refractivity contribution in [1.29, 1.82) is 5.26 Å². The molecule has 0 saturated carbocycles. The highest BCUT2D eigenvalue weighted by Gasteiger charge is 2.07. The number of imidazole rings is 1. The molecular weight excluding hydrogens is 198 g/mol. The molecule has 2 aromatic rings. The van der Waals surface area contributed by atoms with Crippen molar-refractivity contribution in [2.75, 3.05) is 0 Å². The maximum atomic E-state index is 8.87. The Morgan fingerprint density at radius 3 is 2.88 bits per heavy atom. The molecule has 1 aromatic carbocycles. The Balaban J connectivity index is 2.51. The van der Waals surface area contributed by atoms with E-state index in [0.29, 0.717) is 11.6 Å². The zero-order chi connectivity index (χ0) is 11.5. The Hall–Kier alpha value is -2.08. The topological polar surface area (TPSA) is 41.6 Å². The quantitative estimate of drug-likeness (QED) is 0.766. The molecular formula is C13H13N3. The molecule has 0 aliphatic carbocycles. The van der Waals surface area contributed by atoms with Gasteiger partial charge in [-0.2, -0.15) is 5.26 Å². The molecule has 2 rings (SSSR count). The smallest absolute Gasteiger partial charge is 0.0991 e. The zero-order valence-electron chi connectivity index (χ0n) is 9.38. The van der Waals surface area contributed by atoms with E-state index in [2.05, 4.69) is 29.5 Å². The first kappa shape index (κ1) is 10.4. The molecule has 16 heavy (non-hydrogen) atoms. The molecule has 80 valence electrons. The third kappa shape index (κ3) is 1.82. The summed E-state index contributed by atoms with van der Waals surface area (Å²) in [4.78, 5) is 4.16. The Bertz CT molecular complexity index is 532. The molecule has 0 spiro atoms. The number of hydrogen-bond donors (Lipinski definition) is 0. The van der Waals surface area contributed by atoms with Gasteiger partial charge in [-0.25, -0.2) is 4.98 Å². The van der Waals surface area contributed by atoms with Crippen LogP contribution in [0, 0.1) is 11.3 Å². The second kappa shape index (κ2) is 4.19. The molecule has 0 unspecified atom stereocenters. The van der Waals surface area contributed by atoms with Crippen LogP contribution >= 0.6 is 0 Å². The van der Waals surface area contributed by atoms with Crippen molar-refractivity contribution >= 4 is 0 Å². The van der Waals surface area contributed by atoms with Crippen molar-refractivity contribution < 1.29 is 0 Å². The summed E-state index contributed by atoms with van der Waals surface area (Å²) in [5, 5.41) is 8.87. The molecule has 0 atom stereocenters. The monoisotopic (exact) mass is 211 g/mol. The van der Waals surface area contributed by atoms with Gasteiger partial charge in [-0.15, -0.1) is 0 Å². The van der Waals surface area contributed by atoms with Crippen molar-refractivity contribution in [3.63, 3.8) is 0 Å². The Morgan fingerprint density at radius 1 is 1.38 bits per heavy atom. The van der Waals surface area contributed by atoms with E-state index in [9.17, 15) is 0 Å². The molecule has 0 fully saturated rings. The van der Waals surface area contributed by atoms with Crippen molar-refractivity contribution in [2.45, 2.75) is 19.9 Å². The lowest BCUT2D eigenvalue weighted by Crippen LogP contribution is -2.00. The van der Waals surface area contributed by atoms with Crippen LogP contribution in [-0.4, -0.2) is 9.55 Å². The summed E-state index contributed by atoms with van der Waals surface area (Å²) in [6.45, 7) is 4.22. The SMILES string of the molecule is CC(C)n1cncc1-c1cccc(C#N)c1. The van der Waals surface area contributed by atoms with Gasteiger partial charge in [-0.05, 0) is 26.0 Å². The molecule has 0 aliphatic heterocycles. The Labute approximate surface area is 95.0 Å². The van der Waals surface area contributed by atoms with E-state index in [1.165, 1.54) is 0 Å². The minimum atomic E-state index is 0.364. The molecule has 0 bridgehead atoms. The van der Waals surface area contributed by atoms with Gasteiger partial charge in [0.15, 0.2) is 0 Å². The summed E-state index contributed by atoms with van der Waals surface area (Å²) >= 11 is 0. The predicted octanol–water partition coefficient (Wildman–Crippen LogP) is 3.00. The molecule has 0 aliphatic rings. The fourth-order valence-electron chi connectivity index (χ4n) is 1.69. The molecule has 0 amide bonds. The van der Waals surface area contributed by atoms with Gasteiger partial charge >= 0.3 is 0 Å². The van der Waals surface area contributed by atoms with Crippen LogP contribution in [0.2, 0.25) is 0 Å². The third-order valence-corrected chi connectivity index (χ3v) is 2.51. The largest absolute Gasteiger partial charge is 0.328 e. The van der Waals surface area contributed by atoms with Crippen LogP contribution in [0.5, 0.6) is 0 Å². The van der Waals surface area contributed by atoms with Crippen molar-refractivity contribution in [3.8, 4) is 17.3 Å². The van der Waals surface area contributed by atoms with Crippen LogP contribution in [0.1, 0.15) is 25.5 Å². The molecule has 3 heteroatoms. The first-order valence-electron chi connectivity index (χ1n) is 5.24. The van der Waals surface area contributed by atoms with Crippen molar-refractivity contribution in [3.05, 3.63) is 42.4 Å². The van der Waals surface area contributed by atoms with Gasteiger partial charge in [0.1, 0.15) is 0 Å². The molecule has 1 heterocycles. The van der Waals surface area contributed by atoms with Crippen molar-refractivity contribution in [2.24, 2.45) is 0 Å². The summed E-state index contributed by atoms with van der Waals surface area (Å²) in [5.74, 6) is 0. The average molecular weight is 211 g/mol. The second-order valence-corrected chi connectivity index (χ2v) is 3.97. The van der Waals surface area contributed by atoms with Crippen LogP contribution in [-0.2, 0) is 0 Å². The zero-order valence-corrected chi connectivity index (χ0v) is 9.38. The second-order valence-electron chi connectivity index (χ2n) is 3.97. The predicted molar refractivity (Wildman–Crippen MR) is 62.8 cm³/mol. The Kier molecular flexibility index (Phi) is 2.74. The van der Waals surface area contributed by atoms with E-state index in [0.717, 1.165) is 11.3 Å². The number of hydrogen-bond acceptors (Lipinski definition) is 2. The number of nitrogens with zero attached hydrogens (tertiary/aromatic N) is 3. The molecule has 0 N–H and O–H groups in total. The first-order valence-corrected chi connectivity index (χ1v) is 5.24. The molecule has 0 saturated heterocycles. The number of benzene rings is 1. The maximum Gasteiger partial charge on any atom is 0.0991 e. The molecule has 3 nitrogen and oxygen atoms in total. The van der Waals surface area contributed by atoms with Crippen LogP contribution in [0.15, 0.2) is 36.8 Å². The van der Waals surface area contributed by atoms with E-state index in [-0.39, 0.29) is 0 Å². The minimum absolute atomic E-state index is 0.364. The minimum Gasteiger partial charge on any atom is -0.328 e. The highest BCUT2D eigenvalue weighted by molar-refractivity contribution is 5.61. The van der Waals surface area contributed by atoms with Crippen LogP contribution in [0.25, 0.3) is 11.3 Å². The van der Waals surface area contributed by atoms with Crippen molar-refractivity contribution in [1.82, 2.24) is 9.55 Å². The lowest BCUT2D eigenvalue weighted by molar-refractivity contribution is 0.605. The van der Waals surface area contributed by atoms with Crippen LogP contribution < -0.4 is 0 Å². The lowest BCUT2D eigenvalue weighted by atomic mass is 10.1. The summed E-state index contributed by atoms with van der Waals surface area (Å²) < 4.78 is 2.09. The summed E-state index contributed by atoms with van der Waals surface area (Å²) in [7, 11) is 0. The van der Waals surface area contributed by atoms with E-state index < -0.39 is 0 Å². The van der Waals surface area contributed by atoms with Gasteiger partial charge in [0.25, 0.3) is 0 Å². The Morgan fingerprint density at radius 2 is 2.19 bits per heavy atom. The molecule has 1 aromatic heterocycles. The fourth-order valence-corrected chi connectivity index (χ4v) is 1.69. The van der Waals surface area contributed by atoms with Crippen LogP contribution in [0.4, 0.5) is 0 Å². The standard InChI is InChI=1S/C13H13N3/c1-10(2)16-9-15-8-13(16)12-5-3-4-11(6-12)7-14/h3-6,8-10H,1-2H3. The number of rotatable bonds is 2. The van der Waals surface area contributed by atoms with Gasteiger partial charge in [0, 0.05) is 11.6 Å². The first-order chi connectivity index (χ1) is 7.72. The normalized spacial score (nSPS) is 10.4. The van der Waals surface area contributed by atoms with Crippen LogP contribution in [0.3, 0.4) is 0 Å². The van der Waals surface area contributed by atoms with Gasteiger partial charge in [0.05, 0.1) is 29.9 Å². The summed E-state index contributed by atoms with van der Waals surface area (Å²) in [6.07, 6.45) is 3.65. The van der Waals surface area contributed by atoms with E-state index in [1.807, 2.05) is 30.7 Å². The highest BCUT2D eigenvalue weighted by Crippen LogP contribution is 2.22. The van der Waals surface area contributed by atoms with E-state index >= 15 is 0 Å². The lowest BCUT2D eigenvalue weighted by Gasteiger charge is -2.11. The molecule has 0 radical (unpaired) electrons. The number of aromatic nitrogens is 2. The van der Waals surface area contributed by atoms with Gasteiger partial charge in [-0.3, -0.25) is 0 Å². The van der Waals surface area contributed by atoms with Gasteiger partial charge in [0.2, 0.25) is 0 Å². The van der Waals surface area contributed by atoms with Gasteiger partial charge < -0.3 is 4.57 Å². The third-order valence-electron chi connectivity index (χ3n) is 2.51.